The van der Waals surface area contributed by atoms with Crippen molar-refractivity contribution in [3.05, 3.63) is 88.2 Å². The maximum absolute atomic E-state index is 13.2. The highest BCUT2D eigenvalue weighted by atomic mass is 19.1. The Bertz CT molecular complexity index is 1250. The molecule has 4 aromatic rings. The van der Waals surface area contributed by atoms with Crippen molar-refractivity contribution in [3.63, 3.8) is 0 Å². The van der Waals surface area contributed by atoms with Gasteiger partial charge in [-0.1, -0.05) is 30.1 Å². The van der Waals surface area contributed by atoms with Crippen LogP contribution in [0, 0.1) is 5.82 Å². The maximum atomic E-state index is 13.2. The molecule has 1 fully saturated rings. The van der Waals surface area contributed by atoms with Gasteiger partial charge in [0.25, 0.3) is 0 Å². The van der Waals surface area contributed by atoms with E-state index in [2.05, 4.69) is 10.1 Å². The van der Waals surface area contributed by atoms with Gasteiger partial charge in [-0.15, -0.1) is 0 Å². The van der Waals surface area contributed by atoms with Crippen molar-refractivity contribution < 1.29 is 13.3 Å². The molecule has 0 unspecified atom stereocenters. The van der Waals surface area contributed by atoms with E-state index in [0.29, 0.717) is 28.8 Å². The molecule has 0 radical (unpaired) electrons. The molecule has 1 aliphatic rings. The molecule has 0 bridgehead atoms. The molecular weight excluding hydrogens is 395 g/mol. The number of likely N-dealkylation sites (tertiary alicyclic amines) is 1. The first-order chi connectivity index (χ1) is 15.2. The van der Waals surface area contributed by atoms with Gasteiger partial charge in [0.05, 0.1) is 17.7 Å². The number of hydrogen-bond donors (Lipinski definition) is 0. The lowest BCUT2D eigenvalue weighted by atomic mass is 10.0. The Morgan fingerprint density at radius 2 is 1.90 bits per heavy atom. The van der Waals surface area contributed by atoms with Crippen molar-refractivity contribution in [3.8, 4) is 11.3 Å². The number of benzene rings is 2. The summed E-state index contributed by atoms with van der Waals surface area (Å²) < 4.78 is 24.7. The van der Waals surface area contributed by atoms with Crippen LogP contribution in [0.25, 0.3) is 22.2 Å². The van der Waals surface area contributed by atoms with Crippen LogP contribution in [0.2, 0.25) is 0 Å². The van der Waals surface area contributed by atoms with Gasteiger partial charge in [0, 0.05) is 23.7 Å². The van der Waals surface area contributed by atoms with Crippen LogP contribution < -0.4 is 5.43 Å². The highest BCUT2D eigenvalue weighted by molar-refractivity contribution is 5.76. The molecule has 0 spiro atoms. The van der Waals surface area contributed by atoms with Crippen molar-refractivity contribution in [1.29, 1.82) is 0 Å². The molecular formula is C25H23FN2O3. The summed E-state index contributed by atoms with van der Waals surface area (Å²) >= 11 is 0. The fraction of sp³-hybridized carbons (Fsp3) is 0.280. The van der Waals surface area contributed by atoms with Crippen LogP contribution in [0.15, 0.2) is 74.6 Å². The van der Waals surface area contributed by atoms with Crippen LogP contribution in [0.1, 0.15) is 43.0 Å². The van der Waals surface area contributed by atoms with E-state index in [1.165, 1.54) is 12.1 Å². The molecule has 3 heterocycles. The number of hydrogen-bond acceptors (Lipinski definition) is 5. The monoisotopic (exact) mass is 418 g/mol. The molecule has 2 aromatic carbocycles. The molecule has 1 aliphatic heterocycles. The van der Waals surface area contributed by atoms with E-state index in [-0.39, 0.29) is 17.3 Å². The number of halogens is 1. The van der Waals surface area contributed by atoms with E-state index < -0.39 is 0 Å². The average Bonchev–Trinajstić information content (AvgIpc) is 3.16. The molecule has 0 amide bonds. The molecule has 31 heavy (non-hydrogen) atoms. The summed E-state index contributed by atoms with van der Waals surface area (Å²) in [6.45, 7) is 1.36. The minimum atomic E-state index is -0.281. The Morgan fingerprint density at radius 3 is 2.77 bits per heavy atom. The van der Waals surface area contributed by atoms with Crippen molar-refractivity contribution in [1.82, 2.24) is 10.1 Å². The second-order valence-corrected chi connectivity index (χ2v) is 8.04. The summed E-state index contributed by atoms with van der Waals surface area (Å²) in [6, 6.07) is 15.5. The van der Waals surface area contributed by atoms with Gasteiger partial charge in [0.2, 0.25) is 0 Å². The van der Waals surface area contributed by atoms with E-state index in [4.69, 9.17) is 8.94 Å². The second kappa shape index (κ2) is 8.47. The highest BCUT2D eigenvalue weighted by Gasteiger charge is 2.27. The topological polar surface area (TPSA) is 59.5 Å². The van der Waals surface area contributed by atoms with Gasteiger partial charge in [-0.2, -0.15) is 0 Å². The minimum absolute atomic E-state index is 0.00872. The highest BCUT2D eigenvalue weighted by Crippen LogP contribution is 2.33. The summed E-state index contributed by atoms with van der Waals surface area (Å²) in [5.41, 5.74) is 2.75. The quantitative estimate of drug-likeness (QED) is 0.425. The third-order valence-electron chi connectivity index (χ3n) is 5.99. The van der Waals surface area contributed by atoms with Crippen molar-refractivity contribution >= 4 is 11.0 Å². The Labute approximate surface area is 179 Å². The van der Waals surface area contributed by atoms with Crippen LogP contribution in [0.4, 0.5) is 4.39 Å². The fourth-order valence-electron chi connectivity index (χ4n) is 4.33. The first-order valence-electron chi connectivity index (χ1n) is 10.6. The SMILES string of the molecule is O=c1c(CN2CCCCC[C@@H]2c2cc(-c3ccc(F)cc3)no2)coc2ccccc12. The van der Waals surface area contributed by atoms with E-state index >= 15 is 0 Å². The lowest BCUT2D eigenvalue weighted by Gasteiger charge is -2.27. The minimum Gasteiger partial charge on any atom is -0.464 e. The maximum Gasteiger partial charge on any atom is 0.197 e. The molecule has 5 nitrogen and oxygen atoms in total. The molecule has 158 valence electrons. The first kappa shape index (κ1) is 19.7. The fourth-order valence-corrected chi connectivity index (χ4v) is 4.33. The van der Waals surface area contributed by atoms with Crippen molar-refractivity contribution in [2.75, 3.05) is 6.54 Å². The van der Waals surface area contributed by atoms with Crippen molar-refractivity contribution in [2.24, 2.45) is 0 Å². The van der Waals surface area contributed by atoms with E-state index in [0.717, 1.165) is 43.6 Å². The predicted molar refractivity (Wildman–Crippen MR) is 116 cm³/mol. The molecule has 1 atom stereocenters. The second-order valence-electron chi connectivity index (χ2n) is 8.04. The first-order valence-corrected chi connectivity index (χ1v) is 10.6. The van der Waals surface area contributed by atoms with Crippen LogP contribution in [0.3, 0.4) is 0 Å². The number of fused-ring (bicyclic) bond motifs is 1. The molecule has 2 aromatic heterocycles. The third kappa shape index (κ3) is 4.03. The van der Waals surface area contributed by atoms with Gasteiger partial charge >= 0.3 is 0 Å². The Hall–Kier alpha value is -3.25. The number of aromatic nitrogens is 1. The van der Waals surface area contributed by atoms with Crippen LogP contribution >= 0.6 is 0 Å². The predicted octanol–water partition coefficient (Wildman–Crippen LogP) is 5.70. The van der Waals surface area contributed by atoms with Gasteiger partial charge in [-0.05, 0) is 55.8 Å². The molecule has 0 N–H and O–H groups in total. The van der Waals surface area contributed by atoms with Gasteiger partial charge in [-0.3, -0.25) is 9.69 Å². The van der Waals surface area contributed by atoms with Gasteiger partial charge in [-0.25, -0.2) is 4.39 Å². The lowest BCUT2D eigenvalue weighted by Crippen LogP contribution is -2.30. The van der Waals surface area contributed by atoms with E-state index in [9.17, 15) is 9.18 Å². The Kier molecular flexibility index (Phi) is 5.38. The molecule has 0 aliphatic carbocycles. The molecule has 5 rings (SSSR count). The molecule has 1 saturated heterocycles. The van der Waals surface area contributed by atoms with Gasteiger partial charge in [0.15, 0.2) is 11.2 Å². The summed E-state index contributed by atoms with van der Waals surface area (Å²) in [7, 11) is 0. The largest absolute Gasteiger partial charge is 0.464 e. The number of nitrogens with zero attached hydrogens (tertiary/aromatic N) is 2. The van der Waals surface area contributed by atoms with Crippen molar-refractivity contribution in [2.45, 2.75) is 38.3 Å². The summed E-state index contributed by atoms with van der Waals surface area (Å²) in [5, 5.41) is 4.82. The molecule has 6 heteroatoms. The zero-order chi connectivity index (χ0) is 21.2. The van der Waals surface area contributed by atoms with Gasteiger partial charge in [0.1, 0.15) is 17.1 Å². The summed E-state index contributed by atoms with van der Waals surface area (Å²) in [5.74, 6) is 0.489. The summed E-state index contributed by atoms with van der Waals surface area (Å²) in [6.07, 6.45) is 5.79. The zero-order valence-corrected chi connectivity index (χ0v) is 17.1. The van der Waals surface area contributed by atoms with Crippen LogP contribution in [-0.2, 0) is 6.54 Å². The molecule has 0 saturated carbocycles. The van der Waals surface area contributed by atoms with Gasteiger partial charge < -0.3 is 8.94 Å². The third-order valence-corrected chi connectivity index (χ3v) is 5.99. The normalized spacial score (nSPS) is 17.6. The number of para-hydroxylation sites is 1. The van der Waals surface area contributed by atoms with Crippen LogP contribution in [0.5, 0.6) is 0 Å². The smallest absolute Gasteiger partial charge is 0.197 e. The van der Waals surface area contributed by atoms with E-state index in [1.54, 1.807) is 30.5 Å². The number of rotatable bonds is 4. The van der Waals surface area contributed by atoms with Crippen LogP contribution in [-0.4, -0.2) is 16.6 Å². The Morgan fingerprint density at radius 1 is 1.06 bits per heavy atom. The average molecular weight is 418 g/mol. The standard InChI is InChI=1S/C25H23FN2O3/c26-19-11-9-17(10-12-19)21-14-24(31-27-21)22-7-2-1-5-13-28(22)15-18-16-30-23-8-4-3-6-20(23)25(18)29/h3-4,6,8-12,14,16,22H,1-2,5,7,13,15H2/t22-/m1/s1. The zero-order valence-electron chi connectivity index (χ0n) is 17.1. The Balaban J connectivity index is 1.44. The summed E-state index contributed by atoms with van der Waals surface area (Å²) in [4.78, 5) is 15.3. The lowest BCUT2D eigenvalue weighted by molar-refractivity contribution is 0.159. The van der Waals surface area contributed by atoms with E-state index in [1.807, 2.05) is 18.2 Å².